The number of esters is 1. The van der Waals surface area contributed by atoms with Gasteiger partial charge < -0.3 is 4.74 Å². The molecular formula is C9H5BrF4O2. The lowest BCUT2D eigenvalue weighted by molar-refractivity contribution is -0.138. The molecule has 0 aliphatic carbocycles. The van der Waals surface area contributed by atoms with Gasteiger partial charge in [0.2, 0.25) is 0 Å². The molecule has 0 N–H and O–H groups in total. The third kappa shape index (κ3) is 2.34. The Morgan fingerprint density at radius 3 is 2.38 bits per heavy atom. The second-order valence-electron chi connectivity index (χ2n) is 2.77. The van der Waals surface area contributed by atoms with E-state index in [0.29, 0.717) is 12.1 Å². The Morgan fingerprint density at radius 2 is 1.94 bits per heavy atom. The minimum atomic E-state index is -4.67. The van der Waals surface area contributed by atoms with E-state index in [1.807, 2.05) is 0 Å². The second-order valence-corrected chi connectivity index (χ2v) is 3.57. The summed E-state index contributed by atoms with van der Waals surface area (Å²) in [5.74, 6) is -2.25. The van der Waals surface area contributed by atoms with Gasteiger partial charge in [0.25, 0.3) is 0 Å². The highest BCUT2D eigenvalue weighted by Gasteiger charge is 2.35. The van der Waals surface area contributed by atoms with Gasteiger partial charge in [0.1, 0.15) is 11.4 Å². The number of ether oxygens (including phenoxy) is 1. The molecule has 1 aromatic rings. The molecule has 1 rings (SSSR count). The summed E-state index contributed by atoms with van der Waals surface area (Å²) in [5.41, 5.74) is -1.90. The summed E-state index contributed by atoms with van der Waals surface area (Å²) in [4.78, 5) is 11.1. The lowest BCUT2D eigenvalue weighted by Crippen LogP contribution is -2.12. The van der Waals surface area contributed by atoms with Gasteiger partial charge in [-0.3, -0.25) is 0 Å². The van der Waals surface area contributed by atoms with Gasteiger partial charge in [-0.2, -0.15) is 13.2 Å². The molecule has 0 unspecified atom stereocenters. The van der Waals surface area contributed by atoms with E-state index in [2.05, 4.69) is 20.7 Å². The van der Waals surface area contributed by atoms with Crippen LogP contribution in [-0.4, -0.2) is 13.1 Å². The van der Waals surface area contributed by atoms with Crippen LogP contribution in [0.1, 0.15) is 15.9 Å². The Balaban J connectivity index is 3.45. The van der Waals surface area contributed by atoms with Crippen molar-refractivity contribution in [3.63, 3.8) is 0 Å². The van der Waals surface area contributed by atoms with Gasteiger partial charge in [-0.25, -0.2) is 9.18 Å². The SMILES string of the molecule is COC(=O)c1c(F)ccc(C(F)(F)F)c1Br. The maximum absolute atomic E-state index is 13.2. The predicted molar refractivity (Wildman–Crippen MR) is 50.4 cm³/mol. The summed E-state index contributed by atoms with van der Waals surface area (Å²) >= 11 is 2.55. The van der Waals surface area contributed by atoms with Gasteiger partial charge in [0, 0.05) is 4.47 Å². The van der Waals surface area contributed by atoms with E-state index in [1.54, 1.807) is 0 Å². The maximum atomic E-state index is 13.2. The largest absolute Gasteiger partial charge is 0.465 e. The fourth-order valence-corrected chi connectivity index (χ4v) is 1.77. The molecule has 88 valence electrons. The zero-order valence-electron chi connectivity index (χ0n) is 7.86. The summed E-state index contributed by atoms with van der Waals surface area (Å²) in [6, 6.07) is 1.12. The smallest absolute Gasteiger partial charge is 0.417 e. The lowest BCUT2D eigenvalue weighted by atomic mass is 10.1. The van der Waals surface area contributed by atoms with Crippen molar-refractivity contribution in [3.8, 4) is 0 Å². The summed E-state index contributed by atoms with van der Waals surface area (Å²) in [7, 11) is 0.953. The first kappa shape index (κ1) is 13.0. The van der Waals surface area contributed by atoms with Crippen LogP contribution in [0.25, 0.3) is 0 Å². The van der Waals surface area contributed by atoms with Gasteiger partial charge in [0.05, 0.1) is 12.7 Å². The van der Waals surface area contributed by atoms with Crippen molar-refractivity contribution < 1.29 is 27.1 Å². The Morgan fingerprint density at radius 1 is 1.38 bits per heavy atom. The van der Waals surface area contributed by atoms with Crippen LogP contribution >= 0.6 is 15.9 Å². The molecule has 16 heavy (non-hydrogen) atoms. The highest BCUT2D eigenvalue weighted by molar-refractivity contribution is 9.10. The number of hydrogen-bond acceptors (Lipinski definition) is 2. The monoisotopic (exact) mass is 300 g/mol. The Kier molecular flexibility index (Phi) is 3.57. The standard InChI is InChI=1S/C9H5BrF4O2/c1-16-8(15)6-5(11)3-2-4(7(6)10)9(12,13)14/h2-3H,1H3. The summed E-state index contributed by atoms with van der Waals surface area (Å²) < 4.78 is 54.0. The molecule has 2 nitrogen and oxygen atoms in total. The highest BCUT2D eigenvalue weighted by Crippen LogP contribution is 2.37. The first-order valence-electron chi connectivity index (χ1n) is 3.92. The van der Waals surface area contributed by atoms with Crippen LogP contribution in [0.15, 0.2) is 16.6 Å². The van der Waals surface area contributed by atoms with E-state index in [-0.39, 0.29) is 0 Å². The van der Waals surface area contributed by atoms with Crippen molar-refractivity contribution >= 4 is 21.9 Å². The Bertz CT molecular complexity index is 428. The van der Waals surface area contributed by atoms with Crippen molar-refractivity contribution in [1.82, 2.24) is 0 Å². The second kappa shape index (κ2) is 4.40. The van der Waals surface area contributed by atoms with Crippen LogP contribution in [0.4, 0.5) is 17.6 Å². The Labute approximate surface area is 96.3 Å². The topological polar surface area (TPSA) is 26.3 Å². The minimum absolute atomic E-state index is 0.547. The van der Waals surface area contributed by atoms with Crippen molar-refractivity contribution in [2.45, 2.75) is 6.18 Å². The lowest BCUT2D eigenvalue weighted by Gasteiger charge is -2.12. The molecule has 0 saturated carbocycles. The van der Waals surface area contributed by atoms with Crippen LogP contribution in [-0.2, 0) is 10.9 Å². The summed E-state index contributed by atoms with van der Waals surface area (Å²) in [6.45, 7) is 0. The number of alkyl halides is 3. The van der Waals surface area contributed by atoms with E-state index in [4.69, 9.17) is 0 Å². The number of rotatable bonds is 1. The molecule has 0 aliphatic heterocycles. The van der Waals surface area contributed by atoms with Crippen molar-refractivity contribution in [1.29, 1.82) is 0 Å². The number of carbonyl (C=O) groups excluding carboxylic acids is 1. The number of hydrogen-bond donors (Lipinski definition) is 0. The van der Waals surface area contributed by atoms with Crippen molar-refractivity contribution in [2.75, 3.05) is 7.11 Å². The summed E-state index contributed by atoms with van der Waals surface area (Å²) in [5, 5.41) is 0. The Hall–Kier alpha value is -1.11. The van der Waals surface area contributed by atoms with Crippen molar-refractivity contribution in [2.24, 2.45) is 0 Å². The number of benzene rings is 1. The first-order valence-corrected chi connectivity index (χ1v) is 4.72. The normalized spacial score (nSPS) is 11.4. The van der Waals surface area contributed by atoms with Crippen LogP contribution in [0, 0.1) is 5.82 Å². The highest BCUT2D eigenvalue weighted by atomic mass is 79.9. The van der Waals surface area contributed by atoms with Crippen LogP contribution in [0.2, 0.25) is 0 Å². The maximum Gasteiger partial charge on any atom is 0.417 e. The molecule has 0 spiro atoms. The number of halogens is 5. The molecule has 0 amide bonds. The minimum Gasteiger partial charge on any atom is -0.465 e. The molecule has 7 heteroatoms. The van der Waals surface area contributed by atoms with Crippen LogP contribution < -0.4 is 0 Å². The molecule has 0 saturated heterocycles. The molecule has 1 aromatic carbocycles. The van der Waals surface area contributed by atoms with E-state index in [1.165, 1.54) is 0 Å². The summed E-state index contributed by atoms with van der Waals surface area (Å²) in [6.07, 6.45) is -4.67. The molecule has 0 atom stereocenters. The fourth-order valence-electron chi connectivity index (χ4n) is 1.06. The van der Waals surface area contributed by atoms with Gasteiger partial charge in [-0.1, -0.05) is 0 Å². The van der Waals surface area contributed by atoms with Crippen molar-refractivity contribution in [3.05, 3.63) is 33.5 Å². The zero-order chi connectivity index (χ0) is 12.5. The molecule has 0 bridgehead atoms. The van der Waals surface area contributed by atoms with E-state index in [0.717, 1.165) is 7.11 Å². The zero-order valence-corrected chi connectivity index (χ0v) is 9.45. The fraction of sp³-hybridized carbons (Fsp3) is 0.222. The third-order valence-electron chi connectivity index (χ3n) is 1.79. The van der Waals surface area contributed by atoms with Gasteiger partial charge in [0.15, 0.2) is 0 Å². The molecule has 0 fully saturated rings. The van der Waals surface area contributed by atoms with E-state index >= 15 is 0 Å². The van der Waals surface area contributed by atoms with Gasteiger partial charge >= 0.3 is 12.1 Å². The van der Waals surface area contributed by atoms with Gasteiger partial charge in [-0.15, -0.1) is 0 Å². The molecule has 0 aliphatic rings. The molecule has 0 heterocycles. The average molecular weight is 301 g/mol. The third-order valence-corrected chi connectivity index (χ3v) is 2.61. The van der Waals surface area contributed by atoms with Crippen LogP contribution in [0.5, 0.6) is 0 Å². The predicted octanol–water partition coefficient (Wildman–Crippen LogP) is 3.39. The molecule has 0 radical (unpaired) electrons. The van der Waals surface area contributed by atoms with Gasteiger partial charge in [-0.05, 0) is 28.1 Å². The quantitative estimate of drug-likeness (QED) is 0.587. The molecule has 0 aromatic heterocycles. The first-order chi connectivity index (χ1) is 7.29. The average Bonchev–Trinajstić information content (AvgIpc) is 2.15. The van der Waals surface area contributed by atoms with E-state index in [9.17, 15) is 22.4 Å². The van der Waals surface area contributed by atoms with E-state index < -0.39 is 33.6 Å². The van der Waals surface area contributed by atoms with Crippen LogP contribution in [0.3, 0.4) is 0 Å². The number of carbonyl (C=O) groups is 1. The number of methoxy groups -OCH3 is 1. The molecular weight excluding hydrogens is 296 g/mol.